The zero-order valence-electron chi connectivity index (χ0n) is 26.6. The Hall–Kier alpha value is -3.65. The standard InChI is InChI=1S/C34H42F2N4O6S/c1-22-20-37-21-26(40(22)47(43,44)27-7-4-3-5-8-27)13-14-28-29(36)9-6-10-30(28)38-33(41)32(39-34(42)45-2)31(23-15-17-46-18-16-23)24-11-12-25(35)19-24/h3-10,12,19,22-23,26,31-32,37H,11,13-18,20-21H2,1-2H3,(H,38,41)(H,39,42)/t22-,26-,31?,32-/m0/s1. The van der Waals surface area contributed by atoms with Crippen LogP contribution in [0.2, 0.25) is 0 Å². The van der Waals surface area contributed by atoms with E-state index in [-0.39, 0.29) is 40.9 Å². The summed E-state index contributed by atoms with van der Waals surface area (Å²) in [6.45, 7) is 3.62. The molecule has 13 heteroatoms. The van der Waals surface area contributed by atoms with E-state index in [1.807, 2.05) is 6.92 Å². The summed E-state index contributed by atoms with van der Waals surface area (Å²) in [5.41, 5.74) is 1.09. The summed E-state index contributed by atoms with van der Waals surface area (Å²) >= 11 is 0. The molecule has 3 N–H and O–H groups in total. The topological polar surface area (TPSA) is 126 Å². The number of allylic oxidation sites excluding steroid dienone is 3. The summed E-state index contributed by atoms with van der Waals surface area (Å²) in [7, 11) is -2.64. The van der Waals surface area contributed by atoms with Crippen molar-refractivity contribution >= 4 is 27.7 Å². The van der Waals surface area contributed by atoms with Crippen molar-refractivity contribution in [3.8, 4) is 0 Å². The zero-order valence-corrected chi connectivity index (χ0v) is 27.4. The average Bonchev–Trinajstić information content (AvgIpc) is 3.50. The van der Waals surface area contributed by atoms with Gasteiger partial charge in [0.2, 0.25) is 15.9 Å². The highest BCUT2D eigenvalue weighted by atomic mass is 32.2. The number of hydrogen-bond donors (Lipinski definition) is 3. The Balaban J connectivity index is 1.40. The molecule has 10 nitrogen and oxygen atoms in total. The van der Waals surface area contributed by atoms with Crippen LogP contribution < -0.4 is 16.0 Å². The number of methoxy groups -OCH3 is 1. The minimum absolute atomic E-state index is 0.0903. The van der Waals surface area contributed by atoms with Crippen molar-refractivity contribution in [2.24, 2.45) is 11.8 Å². The van der Waals surface area contributed by atoms with E-state index in [0.29, 0.717) is 51.1 Å². The lowest BCUT2D eigenvalue weighted by Gasteiger charge is -2.40. The summed E-state index contributed by atoms with van der Waals surface area (Å²) in [5, 5.41) is 8.77. The van der Waals surface area contributed by atoms with Crippen LogP contribution in [0, 0.1) is 17.7 Å². The normalized spacial score (nSPS) is 22.1. The average molecular weight is 673 g/mol. The number of carbonyl (C=O) groups is 2. The number of amides is 2. The molecule has 0 saturated carbocycles. The molecule has 0 radical (unpaired) electrons. The molecule has 1 unspecified atom stereocenters. The van der Waals surface area contributed by atoms with Crippen LogP contribution in [0.15, 0.2) is 77.0 Å². The number of anilines is 1. The first-order valence-electron chi connectivity index (χ1n) is 16.0. The Morgan fingerprint density at radius 2 is 1.83 bits per heavy atom. The maximum atomic E-state index is 15.5. The fourth-order valence-electron chi connectivity index (χ4n) is 6.94. The van der Waals surface area contributed by atoms with Gasteiger partial charge in [0.15, 0.2) is 0 Å². The van der Waals surface area contributed by atoms with Crippen LogP contribution in [0.5, 0.6) is 0 Å². The Bertz CT molecular complexity index is 1600. The molecular formula is C34H42F2N4O6S. The van der Waals surface area contributed by atoms with E-state index in [4.69, 9.17) is 9.47 Å². The highest BCUT2D eigenvalue weighted by molar-refractivity contribution is 7.89. The highest BCUT2D eigenvalue weighted by Gasteiger charge is 2.40. The fraction of sp³-hybridized carbons (Fsp3) is 0.471. The monoisotopic (exact) mass is 672 g/mol. The molecule has 2 saturated heterocycles. The van der Waals surface area contributed by atoms with Gasteiger partial charge in [-0.05, 0) is 81.4 Å². The molecule has 2 heterocycles. The highest BCUT2D eigenvalue weighted by Crippen LogP contribution is 2.38. The van der Waals surface area contributed by atoms with Crippen molar-refractivity contribution in [1.29, 1.82) is 0 Å². The van der Waals surface area contributed by atoms with Crippen LogP contribution in [0.25, 0.3) is 0 Å². The van der Waals surface area contributed by atoms with Gasteiger partial charge in [0, 0.05) is 55.6 Å². The van der Waals surface area contributed by atoms with Gasteiger partial charge in [-0.15, -0.1) is 0 Å². The molecule has 5 rings (SSSR count). The lowest BCUT2D eigenvalue weighted by atomic mass is 9.75. The third kappa shape index (κ3) is 8.08. The number of nitrogens with zero attached hydrogens (tertiary/aromatic N) is 1. The molecule has 0 aromatic heterocycles. The minimum atomic E-state index is -3.83. The summed E-state index contributed by atoms with van der Waals surface area (Å²) in [4.78, 5) is 26.8. The smallest absolute Gasteiger partial charge is 0.407 e. The van der Waals surface area contributed by atoms with E-state index < -0.39 is 51.7 Å². The third-order valence-electron chi connectivity index (χ3n) is 9.20. The summed E-state index contributed by atoms with van der Waals surface area (Å²) in [6.07, 6.45) is 3.92. The maximum absolute atomic E-state index is 15.5. The van der Waals surface area contributed by atoms with Gasteiger partial charge in [-0.25, -0.2) is 22.0 Å². The Morgan fingerprint density at radius 1 is 1.09 bits per heavy atom. The quantitative estimate of drug-likeness (QED) is 0.316. The van der Waals surface area contributed by atoms with Crippen LogP contribution in [-0.4, -0.2) is 76.3 Å². The molecule has 3 aliphatic rings. The second-order valence-electron chi connectivity index (χ2n) is 12.2. The summed E-state index contributed by atoms with van der Waals surface area (Å²) < 4.78 is 69.0. The molecule has 2 amide bonds. The number of piperazine rings is 1. The van der Waals surface area contributed by atoms with E-state index in [0.717, 1.165) is 0 Å². The third-order valence-corrected chi connectivity index (χ3v) is 11.3. The van der Waals surface area contributed by atoms with Crippen molar-refractivity contribution in [2.75, 3.05) is 38.7 Å². The number of halogens is 2. The molecule has 2 fully saturated rings. The fourth-order valence-corrected chi connectivity index (χ4v) is 8.80. The number of hydrogen-bond acceptors (Lipinski definition) is 7. The van der Waals surface area contributed by atoms with Crippen LogP contribution >= 0.6 is 0 Å². The molecule has 4 atom stereocenters. The van der Waals surface area contributed by atoms with Gasteiger partial charge < -0.3 is 25.4 Å². The number of sulfonamides is 1. The Kier molecular flexibility index (Phi) is 11.4. The second kappa shape index (κ2) is 15.5. The maximum Gasteiger partial charge on any atom is 0.407 e. The van der Waals surface area contributed by atoms with Crippen LogP contribution in [0.1, 0.15) is 38.2 Å². The lowest BCUT2D eigenvalue weighted by Crippen LogP contribution is -2.58. The molecule has 0 bridgehead atoms. The number of carbonyl (C=O) groups excluding carboxylic acids is 2. The van der Waals surface area contributed by atoms with Crippen molar-refractivity contribution < 1.29 is 36.3 Å². The molecular weight excluding hydrogens is 630 g/mol. The lowest BCUT2D eigenvalue weighted by molar-refractivity contribution is -0.119. The van der Waals surface area contributed by atoms with Crippen molar-refractivity contribution in [3.05, 3.63) is 83.5 Å². The first kappa shape index (κ1) is 34.7. The molecule has 2 aliphatic heterocycles. The zero-order chi connectivity index (χ0) is 33.6. The molecule has 2 aromatic rings. The van der Waals surface area contributed by atoms with E-state index in [2.05, 4.69) is 16.0 Å². The Morgan fingerprint density at radius 3 is 2.51 bits per heavy atom. The first-order valence-corrected chi connectivity index (χ1v) is 17.4. The number of ether oxygens (including phenoxy) is 2. The predicted octanol–water partition coefficient (Wildman–Crippen LogP) is 4.70. The van der Waals surface area contributed by atoms with Crippen LogP contribution in [0.3, 0.4) is 0 Å². The van der Waals surface area contributed by atoms with E-state index in [1.54, 1.807) is 36.4 Å². The second-order valence-corrected chi connectivity index (χ2v) is 14.0. The Labute approximate surface area is 274 Å². The SMILES string of the molecule is COC(=O)N[C@H](C(=O)Nc1cccc(F)c1CC[C@H]1CNC[C@H](C)N1S(=O)(=O)c1ccccc1)C(C1=CC(F)=CC1)C1CCOCC1. The van der Waals surface area contributed by atoms with Gasteiger partial charge in [0.05, 0.1) is 12.0 Å². The molecule has 1 aliphatic carbocycles. The molecule has 2 aromatic carbocycles. The van der Waals surface area contributed by atoms with Gasteiger partial charge >= 0.3 is 6.09 Å². The molecule has 47 heavy (non-hydrogen) atoms. The van der Waals surface area contributed by atoms with Gasteiger partial charge in [-0.2, -0.15) is 4.31 Å². The van der Waals surface area contributed by atoms with Gasteiger partial charge in [-0.3, -0.25) is 4.79 Å². The van der Waals surface area contributed by atoms with Gasteiger partial charge in [0.1, 0.15) is 17.7 Å². The number of alkyl carbamates (subject to hydrolysis) is 1. The van der Waals surface area contributed by atoms with E-state index in [1.165, 1.54) is 35.7 Å². The largest absolute Gasteiger partial charge is 0.453 e. The van der Waals surface area contributed by atoms with Gasteiger partial charge in [-0.1, -0.05) is 29.8 Å². The van der Waals surface area contributed by atoms with Gasteiger partial charge in [0.25, 0.3) is 0 Å². The van der Waals surface area contributed by atoms with Crippen molar-refractivity contribution in [2.45, 2.75) is 62.0 Å². The molecule has 0 spiro atoms. The van der Waals surface area contributed by atoms with Crippen molar-refractivity contribution in [1.82, 2.24) is 14.9 Å². The number of rotatable bonds is 11. The van der Waals surface area contributed by atoms with E-state index in [9.17, 15) is 22.4 Å². The summed E-state index contributed by atoms with van der Waals surface area (Å²) in [5.74, 6) is -2.22. The van der Waals surface area contributed by atoms with Crippen molar-refractivity contribution in [3.63, 3.8) is 0 Å². The first-order chi connectivity index (χ1) is 22.6. The summed E-state index contributed by atoms with van der Waals surface area (Å²) in [6, 6.07) is 10.6. The molecule has 254 valence electrons. The van der Waals surface area contributed by atoms with E-state index >= 15 is 4.39 Å². The van der Waals surface area contributed by atoms with Crippen LogP contribution in [-0.2, 0) is 30.7 Å². The predicted molar refractivity (Wildman–Crippen MR) is 173 cm³/mol. The minimum Gasteiger partial charge on any atom is -0.453 e. The number of nitrogens with one attached hydrogen (secondary N) is 3. The number of benzene rings is 2. The van der Waals surface area contributed by atoms with Crippen LogP contribution in [0.4, 0.5) is 19.3 Å².